The highest BCUT2D eigenvalue weighted by molar-refractivity contribution is 5.28. The van der Waals surface area contributed by atoms with Gasteiger partial charge in [-0.05, 0) is 31.5 Å². The third kappa shape index (κ3) is 3.76. The molecule has 2 nitrogen and oxygen atoms in total. The van der Waals surface area contributed by atoms with Crippen LogP contribution in [0, 0.1) is 0 Å². The van der Waals surface area contributed by atoms with Gasteiger partial charge in [-0.3, -0.25) is 0 Å². The predicted octanol–water partition coefficient (Wildman–Crippen LogP) is 2.92. The molecular weight excluding hydrogens is 186 g/mol. The van der Waals surface area contributed by atoms with Crippen molar-refractivity contribution in [2.45, 2.75) is 19.9 Å². The third-order valence-corrected chi connectivity index (χ3v) is 2.26. The summed E-state index contributed by atoms with van der Waals surface area (Å²) < 4.78 is 5.39. The second kappa shape index (κ2) is 6.25. The van der Waals surface area contributed by atoms with Gasteiger partial charge in [-0.2, -0.15) is 0 Å². The number of benzene rings is 1. The van der Waals surface area contributed by atoms with Gasteiger partial charge in [-0.1, -0.05) is 18.2 Å². The fraction of sp³-hybridized carbons (Fsp3) is 0.385. The van der Waals surface area contributed by atoms with Crippen molar-refractivity contribution in [1.29, 1.82) is 0 Å². The van der Waals surface area contributed by atoms with Gasteiger partial charge in [0.1, 0.15) is 5.75 Å². The summed E-state index contributed by atoms with van der Waals surface area (Å²) in [5.41, 5.74) is 1.26. The molecule has 0 fully saturated rings. The van der Waals surface area contributed by atoms with Gasteiger partial charge in [0.15, 0.2) is 0 Å². The molecule has 15 heavy (non-hydrogen) atoms. The summed E-state index contributed by atoms with van der Waals surface area (Å²) in [5, 5.41) is 3.34. The Kier molecular flexibility index (Phi) is 4.91. The first-order valence-electron chi connectivity index (χ1n) is 5.35. The summed E-state index contributed by atoms with van der Waals surface area (Å²) in [6, 6.07) is 8.53. The van der Waals surface area contributed by atoms with E-state index in [0.717, 1.165) is 12.3 Å². The number of rotatable bonds is 6. The Bertz CT molecular complexity index is 292. The Morgan fingerprint density at radius 1 is 1.40 bits per heavy atom. The minimum atomic E-state index is 0.346. The van der Waals surface area contributed by atoms with E-state index in [1.807, 2.05) is 25.1 Å². The summed E-state index contributed by atoms with van der Waals surface area (Å²) in [4.78, 5) is 0. The second-order valence-corrected chi connectivity index (χ2v) is 3.42. The van der Waals surface area contributed by atoms with Crippen LogP contribution in [0.15, 0.2) is 36.9 Å². The lowest BCUT2D eigenvalue weighted by Gasteiger charge is -2.13. The minimum Gasteiger partial charge on any atom is -0.494 e. The molecule has 1 rings (SSSR count). The topological polar surface area (TPSA) is 21.3 Å². The zero-order valence-electron chi connectivity index (χ0n) is 9.49. The van der Waals surface area contributed by atoms with Crippen LogP contribution < -0.4 is 10.1 Å². The molecule has 1 N–H and O–H groups in total. The molecule has 0 heterocycles. The van der Waals surface area contributed by atoms with Crippen molar-refractivity contribution in [3.8, 4) is 5.75 Å². The number of nitrogens with one attached hydrogen (secondary N) is 1. The molecule has 0 amide bonds. The highest BCUT2D eigenvalue weighted by Crippen LogP contribution is 2.17. The average molecular weight is 205 g/mol. The molecule has 0 aliphatic carbocycles. The molecule has 0 radical (unpaired) electrons. The molecule has 0 aliphatic rings. The predicted molar refractivity (Wildman–Crippen MR) is 64.2 cm³/mol. The van der Waals surface area contributed by atoms with E-state index in [2.05, 4.69) is 31.0 Å². The van der Waals surface area contributed by atoms with E-state index in [1.165, 1.54) is 5.56 Å². The van der Waals surface area contributed by atoms with Crippen molar-refractivity contribution in [2.75, 3.05) is 13.2 Å². The van der Waals surface area contributed by atoms with Crippen LogP contribution in [-0.2, 0) is 0 Å². The van der Waals surface area contributed by atoms with E-state index >= 15 is 0 Å². The summed E-state index contributed by atoms with van der Waals surface area (Å²) in [7, 11) is 0. The van der Waals surface area contributed by atoms with Crippen LogP contribution in [-0.4, -0.2) is 13.2 Å². The highest BCUT2D eigenvalue weighted by Gasteiger charge is 2.03. The van der Waals surface area contributed by atoms with Crippen molar-refractivity contribution in [2.24, 2.45) is 0 Å². The maximum absolute atomic E-state index is 5.39. The van der Waals surface area contributed by atoms with Crippen LogP contribution in [0.1, 0.15) is 25.5 Å². The minimum absolute atomic E-state index is 0.346. The van der Waals surface area contributed by atoms with E-state index in [1.54, 1.807) is 0 Å². The van der Waals surface area contributed by atoms with Crippen LogP contribution in [0.25, 0.3) is 0 Å². The van der Waals surface area contributed by atoms with Crippen LogP contribution in [0.2, 0.25) is 0 Å². The van der Waals surface area contributed by atoms with E-state index in [9.17, 15) is 0 Å². The van der Waals surface area contributed by atoms with E-state index in [0.29, 0.717) is 12.6 Å². The summed E-state index contributed by atoms with van der Waals surface area (Å²) in [6.45, 7) is 9.35. The van der Waals surface area contributed by atoms with Crippen LogP contribution in [0.5, 0.6) is 5.75 Å². The van der Waals surface area contributed by atoms with Gasteiger partial charge in [-0.25, -0.2) is 0 Å². The van der Waals surface area contributed by atoms with Crippen molar-refractivity contribution in [3.63, 3.8) is 0 Å². The molecule has 1 unspecified atom stereocenters. The monoisotopic (exact) mass is 205 g/mol. The molecule has 82 valence electrons. The molecule has 0 aromatic heterocycles. The van der Waals surface area contributed by atoms with Crippen LogP contribution in [0.3, 0.4) is 0 Å². The van der Waals surface area contributed by atoms with Gasteiger partial charge in [-0.15, -0.1) is 6.58 Å². The van der Waals surface area contributed by atoms with E-state index in [-0.39, 0.29) is 0 Å². The van der Waals surface area contributed by atoms with Gasteiger partial charge in [0, 0.05) is 12.6 Å². The molecule has 2 heteroatoms. The lowest BCUT2D eigenvalue weighted by Crippen LogP contribution is -2.18. The lowest BCUT2D eigenvalue weighted by atomic mass is 10.1. The van der Waals surface area contributed by atoms with E-state index < -0.39 is 0 Å². The van der Waals surface area contributed by atoms with Crippen LogP contribution in [0.4, 0.5) is 0 Å². The van der Waals surface area contributed by atoms with Gasteiger partial charge in [0.25, 0.3) is 0 Å². The lowest BCUT2D eigenvalue weighted by molar-refractivity contribution is 0.340. The molecular formula is C13H19NO. The maximum Gasteiger partial charge on any atom is 0.119 e. The zero-order chi connectivity index (χ0) is 11.1. The Morgan fingerprint density at radius 3 is 2.60 bits per heavy atom. The van der Waals surface area contributed by atoms with Crippen molar-refractivity contribution >= 4 is 0 Å². The van der Waals surface area contributed by atoms with Crippen molar-refractivity contribution in [1.82, 2.24) is 5.32 Å². The SMILES string of the molecule is C=CCNC(C)c1ccc(OCC)cc1. The van der Waals surface area contributed by atoms with Gasteiger partial charge >= 0.3 is 0 Å². The van der Waals surface area contributed by atoms with Gasteiger partial charge in [0.2, 0.25) is 0 Å². The molecule has 1 aromatic carbocycles. The Morgan fingerprint density at radius 2 is 2.07 bits per heavy atom. The Balaban J connectivity index is 2.58. The Labute approximate surface area is 92.0 Å². The summed E-state index contributed by atoms with van der Waals surface area (Å²) in [5.74, 6) is 0.928. The van der Waals surface area contributed by atoms with Crippen molar-refractivity contribution < 1.29 is 4.74 Å². The summed E-state index contributed by atoms with van der Waals surface area (Å²) >= 11 is 0. The molecule has 1 aromatic rings. The van der Waals surface area contributed by atoms with Gasteiger partial charge in [0.05, 0.1) is 6.61 Å². The molecule has 0 bridgehead atoms. The maximum atomic E-state index is 5.39. The number of ether oxygens (including phenoxy) is 1. The van der Waals surface area contributed by atoms with Crippen LogP contribution >= 0.6 is 0 Å². The molecule has 0 spiro atoms. The summed E-state index contributed by atoms with van der Waals surface area (Å²) in [6.07, 6.45) is 1.87. The standard InChI is InChI=1S/C13H19NO/c1-4-10-14-11(3)12-6-8-13(9-7-12)15-5-2/h4,6-9,11,14H,1,5,10H2,2-3H3. The molecule has 1 atom stereocenters. The fourth-order valence-electron chi connectivity index (χ4n) is 1.40. The number of hydrogen-bond acceptors (Lipinski definition) is 2. The van der Waals surface area contributed by atoms with Crippen molar-refractivity contribution in [3.05, 3.63) is 42.5 Å². The molecule has 0 saturated carbocycles. The van der Waals surface area contributed by atoms with Gasteiger partial charge < -0.3 is 10.1 Å². The molecule has 0 aliphatic heterocycles. The first kappa shape index (κ1) is 11.8. The second-order valence-electron chi connectivity index (χ2n) is 3.42. The largest absolute Gasteiger partial charge is 0.494 e. The smallest absolute Gasteiger partial charge is 0.119 e. The highest BCUT2D eigenvalue weighted by atomic mass is 16.5. The number of hydrogen-bond donors (Lipinski definition) is 1. The normalized spacial score (nSPS) is 12.1. The van der Waals surface area contributed by atoms with E-state index in [4.69, 9.17) is 4.74 Å². The fourth-order valence-corrected chi connectivity index (χ4v) is 1.40. The average Bonchev–Trinajstić information content (AvgIpc) is 2.27. The quantitative estimate of drug-likeness (QED) is 0.721. The third-order valence-electron chi connectivity index (χ3n) is 2.26. The molecule has 0 saturated heterocycles. The first-order chi connectivity index (χ1) is 7.27. The first-order valence-corrected chi connectivity index (χ1v) is 5.35. The zero-order valence-corrected chi connectivity index (χ0v) is 9.49. The Hall–Kier alpha value is -1.28.